The molecule has 0 heterocycles. The van der Waals surface area contributed by atoms with Crippen LogP contribution >= 0.6 is 0 Å². The normalized spacial score (nSPS) is 37.9. The second kappa shape index (κ2) is 5.59. The molecule has 3 unspecified atom stereocenters. The summed E-state index contributed by atoms with van der Waals surface area (Å²) < 4.78 is 0. The number of hydrogen-bond donors (Lipinski definition) is 0. The zero-order valence-corrected chi connectivity index (χ0v) is 11.9. The van der Waals surface area contributed by atoms with Gasteiger partial charge in [0, 0.05) is 0 Å². The van der Waals surface area contributed by atoms with Crippen molar-refractivity contribution < 1.29 is 0 Å². The Morgan fingerprint density at radius 3 is 2.88 bits per heavy atom. The molecule has 2 aliphatic carbocycles. The van der Waals surface area contributed by atoms with Crippen LogP contribution in [0, 0.1) is 17.3 Å². The Labute approximate surface area is 108 Å². The van der Waals surface area contributed by atoms with Crippen molar-refractivity contribution in [3.63, 3.8) is 0 Å². The lowest BCUT2D eigenvalue weighted by atomic mass is 9.57. The monoisotopic (exact) mass is 234 g/mol. The van der Waals surface area contributed by atoms with Gasteiger partial charge in [-0.3, -0.25) is 0 Å². The Hall–Kier alpha value is -0.260. The Balaban J connectivity index is 1.85. The Morgan fingerprint density at radius 1 is 1.29 bits per heavy atom. The van der Waals surface area contributed by atoms with Crippen molar-refractivity contribution in [3.8, 4) is 0 Å². The van der Waals surface area contributed by atoms with Gasteiger partial charge in [0.1, 0.15) is 0 Å². The summed E-state index contributed by atoms with van der Waals surface area (Å²) in [5.41, 5.74) is 2.14. The fraction of sp³-hybridized carbons (Fsp3) is 0.882. The maximum absolute atomic E-state index is 4.23. The first-order valence-corrected chi connectivity index (χ1v) is 7.80. The van der Waals surface area contributed by atoms with Crippen LogP contribution in [0.2, 0.25) is 0 Å². The third-order valence-electron chi connectivity index (χ3n) is 5.44. The highest BCUT2D eigenvalue weighted by molar-refractivity contribution is 5.07. The van der Waals surface area contributed by atoms with Gasteiger partial charge in [-0.2, -0.15) is 0 Å². The van der Waals surface area contributed by atoms with Crippen LogP contribution in [0.15, 0.2) is 12.2 Å². The van der Waals surface area contributed by atoms with E-state index in [4.69, 9.17) is 0 Å². The van der Waals surface area contributed by atoms with E-state index >= 15 is 0 Å². The molecule has 98 valence electrons. The molecule has 0 bridgehead atoms. The summed E-state index contributed by atoms with van der Waals surface area (Å²) in [6.07, 6.45) is 14.3. The summed E-state index contributed by atoms with van der Waals surface area (Å²) in [6.45, 7) is 9.07. The van der Waals surface area contributed by atoms with Gasteiger partial charge in [0.05, 0.1) is 0 Å². The summed E-state index contributed by atoms with van der Waals surface area (Å²) in [4.78, 5) is 0. The molecular weight excluding hydrogens is 204 g/mol. The highest BCUT2D eigenvalue weighted by atomic mass is 14.5. The Morgan fingerprint density at radius 2 is 2.12 bits per heavy atom. The lowest BCUT2D eigenvalue weighted by Gasteiger charge is -2.48. The third kappa shape index (κ3) is 3.14. The van der Waals surface area contributed by atoms with E-state index in [2.05, 4.69) is 20.4 Å². The van der Waals surface area contributed by atoms with E-state index in [1.165, 1.54) is 69.8 Å². The van der Waals surface area contributed by atoms with Gasteiger partial charge < -0.3 is 0 Å². The second-order valence-corrected chi connectivity index (χ2v) is 6.95. The van der Waals surface area contributed by atoms with Crippen LogP contribution in [0.5, 0.6) is 0 Å². The van der Waals surface area contributed by atoms with E-state index in [1.807, 2.05) is 0 Å². The van der Waals surface area contributed by atoms with Crippen LogP contribution in [0.4, 0.5) is 0 Å². The fourth-order valence-corrected chi connectivity index (χ4v) is 4.22. The predicted octanol–water partition coefficient (Wildman–Crippen LogP) is 5.73. The minimum absolute atomic E-state index is 0.622. The highest BCUT2D eigenvalue weighted by Crippen LogP contribution is 2.53. The summed E-state index contributed by atoms with van der Waals surface area (Å²) in [5, 5.41) is 0. The molecule has 0 aromatic rings. The van der Waals surface area contributed by atoms with Crippen molar-refractivity contribution in [2.24, 2.45) is 17.3 Å². The van der Waals surface area contributed by atoms with Crippen molar-refractivity contribution in [1.82, 2.24) is 0 Å². The average molecular weight is 234 g/mol. The fourth-order valence-electron chi connectivity index (χ4n) is 4.22. The lowest BCUT2D eigenvalue weighted by molar-refractivity contribution is 0.0535. The number of fused-ring (bicyclic) bond motifs is 1. The lowest BCUT2D eigenvalue weighted by Crippen LogP contribution is -2.37. The molecule has 2 saturated carbocycles. The summed E-state index contributed by atoms with van der Waals surface area (Å²) in [5.74, 6) is 2.05. The molecule has 0 N–H and O–H groups in total. The number of unbranched alkanes of at least 4 members (excludes halogenated alkanes) is 2. The van der Waals surface area contributed by atoms with Crippen LogP contribution in [-0.4, -0.2) is 0 Å². The maximum Gasteiger partial charge on any atom is -0.0260 e. The van der Waals surface area contributed by atoms with E-state index in [-0.39, 0.29) is 0 Å². The van der Waals surface area contributed by atoms with E-state index in [1.54, 1.807) is 0 Å². The van der Waals surface area contributed by atoms with Gasteiger partial charge in [0.2, 0.25) is 0 Å². The number of allylic oxidation sites excluding steroid dienone is 1. The molecule has 2 fully saturated rings. The topological polar surface area (TPSA) is 0 Å². The van der Waals surface area contributed by atoms with Crippen molar-refractivity contribution in [2.75, 3.05) is 0 Å². The molecule has 0 aromatic heterocycles. The standard InChI is InChI=1S/C17H30/c1-4-5-6-7-15-10-11-17(3)13-14(2)8-9-16(17)12-15/h15-16H,2,4-13H2,1,3H3. The molecule has 0 nitrogen and oxygen atoms in total. The van der Waals surface area contributed by atoms with E-state index in [0.29, 0.717) is 5.41 Å². The van der Waals surface area contributed by atoms with Crippen molar-refractivity contribution >= 4 is 0 Å². The average Bonchev–Trinajstić information content (AvgIpc) is 2.29. The van der Waals surface area contributed by atoms with Crippen LogP contribution in [0.25, 0.3) is 0 Å². The molecule has 0 aliphatic heterocycles. The molecule has 0 spiro atoms. The zero-order chi connectivity index (χ0) is 12.3. The van der Waals surface area contributed by atoms with Crippen molar-refractivity contribution in [2.45, 2.75) is 78.1 Å². The van der Waals surface area contributed by atoms with Gasteiger partial charge in [-0.15, -0.1) is 0 Å². The van der Waals surface area contributed by atoms with Crippen LogP contribution in [-0.2, 0) is 0 Å². The molecule has 17 heavy (non-hydrogen) atoms. The molecule has 2 aliphatic rings. The van der Waals surface area contributed by atoms with Crippen LogP contribution < -0.4 is 0 Å². The quantitative estimate of drug-likeness (QED) is 0.430. The Bertz CT molecular complexity index is 265. The predicted molar refractivity (Wildman–Crippen MR) is 76.1 cm³/mol. The summed E-state index contributed by atoms with van der Waals surface area (Å²) in [7, 11) is 0. The van der Waals surface area contributed by atoms with Gasteiger partial charge in [-0.25, -0.2) is 0 Å². The summed E-state index contributed by atoms with van der Waals surface area (Å²) in [6, 6.07) is 0. The van der Waals surface area contributed by atoms with Gasteiger partial charge in [-0.1, -0.05) is 51.7 Å². The minimum Gasteiger partial charge on any atom is -0.0998 e. The van der Waals surface area contributed by atoms with E-state index < -0.39 is 0 Å². The minimum atomic E-state index is 0.622. The molecule has 0 saturated heterocycles. The zero-order valence-electron chi connectivity index (χ0n) is 11.9. The van der Waals surface area contributed by atoms with Gasteiger partial charge in [0.15, 0.2) is 0 Å². The SMILES string of the molecule is C=C1CCC2CC(CCCCC)CCC2(C)C1. The Kier molecular flexibility index (Phi) is 4.33. The number of hydrogen-bond acceptors (Lipinski definition) is 0. The first kappa shape index (κ1) is 13.2. The largest absolute Gasteiger partial charge is 0.0998 e. The second-order valence-electron chi connectivity index (χ2n) is 6.95. The third-order valence-corrected chi connectivity index (χ3v) is 5.44. The molecule has 0 aromatic carbocycles. The first-order chi connectivity index (χ1) is 8.14. The molecule has 0 radical (unpaired) electrons. The first-order valence-electron chi connectivity index (χ1n) is 7.80. The molecular formula is C17H30. The molecule has 2 rings (SSSR count). The van der Waals surface area contributed by atoms with Crippen LogP contribution in [0.1, 0.15) is 78.1 Å². The smallest absolute Gasteiger partial charge is 0.0260 e. The van der Waals surface area contributed by atoms with Gasteiger partial charge >= 0.3 is 0 Å². The van der Waals surface area contributed by atoms with Crippen molar-refractivity contribution in [1.29, 1.82) is 0 Å². The van der Waals surface area contributed by atoms with Gasteiger partial charge in [-0.05, 0) is 55.8 Å². The maximum atomic E-state index is 4.23. The molecule has 0 amide bonds. The van der Waals surface area contributed by atoms with Crippen molar-refractivity contribution in [3.05, 3.63) is 12.2 Å². The van der Waals surface area contributed by atoms with Crippen LogP contribution in [0.3, 0.4) is 0 Å². The molecule has 0 heteroatoms. The van der Waals surface area contributed by atoms with E-state index in [0.717, 1.165) is 11.8 Å². The molecule has 3 atom stereocenters. The summed E-state index contributed by atoms with van der Waals surface area (Å²) >= 11 is 0. The van der Waals surface area contributed by atoms with E-state index in [9.17, 15) is 0 Å². The highest BCUT2D eigenvalue weighted by Gasteiger charge is 2.41. The number of rotatable bonds is 4. The van der Waals surface area contributed by atoms with Gasteiger partial charge in [0.25, 0.3) is 0 Å².